The minimum Gasteiger partial charge on any atom is -0.295 e. The first kappa shape index (κ1) is 7.43. The van der Waals surface area contributed by atoms with E-state index in [-0.39, 0.29) is 5.56 Å². The topological polar surface area (TPSA) is 37.8 Å². The van der Waals surface area contributed by atoms with Crippen molar-refractivity contribution in [2.24, 2.45) is 7.05 Å². The van der Waals surface area contributed by atoms with E-state index >= 15 is 0 Å². The van der Waals surface area contributed by atoms with Crippen molar-refractivity contribution in [3.8, 4) is 0 Å². The number of nitrogens with zero attached hydrogens (tertiary/aromatic N) is 1. The second-order valence-electron chi connectivity index (χ2n) is 2.64. The molecule has 0 saturated heterocycles. The maximum atomic E-state index is 11.4. The molecule has 12 heavy (non-hydrogen) atoms. The minimum absolute atomic E-state index is 0.0874. The van der Waals surface area contributed by atoms with Crippen LogP contribution < -0.4 is 5.56 Å². The summed E-state index contributed by atoms with van der Waals surface area (Å²) in [5.74, 6) is 0. The molecule has 0 fully saturated rings. The monoisotopic (exact) mass is 182 g/mol. The Labute approximate surface area is 73.6 Å². The summed E-state index contributed by atoms with van der Waals surface area (Å²) >= 11 is 5.84. The molecule has 0 aliphatic rings. The van der Waals surface area contributed by atoms with Gasteiger partial charge in [0.05, 0.1) is 15.9 Å². The van der Waals surface area contributed by atoms with Gasteiger partial charge in [0.1, 0.15) is 0 Å². The Morgan fingerprint density at radius 3 is 2.92 bits per heavy atom. The first-order chi connectivity index (χ1) is 5.70. The number of rotatable bonds is 0. The van der Waals surface area contributed by atoms with Crippen molar-refractivity contribution in [2.75, 3.05) is 0 Å². The summed E-state index contributed by atoms with van der Waals surface area (Å²) in [4.78, 5) is 11.4. The van der Waals surface area contributed by atoms with Crippen LogP contribution in [0.5, 0.6) is 0 Å². The fraction of sp³-hybridized carbons (Fsp3) is 0.125. The number of hydrogen-bond acceptors (Lipinski definition) is 1. The molecule has 0 saturated carbocycles. The summed E-state index contributed by atoms with van der Waals surface area (Å²) in [6.45, 7) is 0. The third-order valence-corrected chi connectivity index (χ3v) is 2.14. The number of H-pyrrole nitrogens is 1. The Morgan fingerprint density at radius 2 is 2.25 bits per heavy atom. The smallest absolute Gasteiger partial charge is 0.275 e. The highest BCUT2D eigenvalue weighted by Crippen LogP contribution is 2.17. The van der Waals surface area contributed by atoms with Gasteiger partial charge in [-0.3, -0.25) is 14.6 Å². The molecule has 0 atom stereocenters. The van der Waals surface area contributed by atoms with Gasteiger partial charge < -0.3 is 0 Å². The summed E-state index contributed by atoms with van der Waals surface area (Å²) in [7, 11) is 1.67. The molecule has 1 aromatic carbocycles. The molecule has 2 aromatic rings. The molecule has 0 spiro atoms. The molecule has 1 aromatic heterocycles. The first-order valence-electron chi connectivity index (χ1n) is 3.53. The maximum Gasteiger partial charge on any atom is 0.275 e. The zero-order chi connectivity index (χ0) is 8.72. The molecule has 0 bridgehead atoms. The van der Waals surface area contributed by atoms with Gasteiger partial charge in [0, 0.05) is 7.05 Å². The molecular weight excluding hydrogens is 176 g/mol. The number of benzene rings is 1. The van der Waals surface area contributed by atoms with Gasteiger partial charge in [0.2, 0.25) is 0 Å². The zero-order valence-corrected chi connectivity index (χ0v) is 7.22. The molecule has 0 unspecified atom stereocenters. The van der Waals surface area contributed by atoms with Crippen LogP contribution in [-0.4, -0.2) is 9.78 Å². The molecule has 0 aliphatic heterocycles. The Bertz CT molecular complexity index is 483. The standard InChI is InChI=1S/C8H7ClN2O/c1-11-8(12)7-5(9)3-2-4-6(7)10-11/h2-4,10H,1H3. The third-order valence-electron chi connectivity index (χ3n) is 1.82. The zero-order valence-electron chi connectivity index (χ0n) is 6.47. The molecular formula is C8H7ClN2O. The normalized spacial score (nSPS) is 10.8. The lowest BCUT2D eigenvalue weighted by atomic mass is 10.2. The van der Waals surface area contributed by atoms with Gasteiger partial charge in [0.25, 0.3) is 5.56 Å². The number of aromatic amines is 1. The predicted molar refractivity (Wildman–Crippen MR) is 48.5 cm³/mol. The van der Waals surface area contributed by atoms with Crippen LogP contribution in [0.1, 0.15) is 0 Å². The Hall–Kier alpha value is -1.22. The lowest BCUT2D eigenvalue weighted by molar-refractivity contribution is 0.751. The molecule has 0 aliphatic carbocycles. The largest absolute Gasteiger partial charge is 0.295 e. The average molecular weight is 183 g/mol. The summed E-state index contributed by atoms with van der Waals surface area (Å²) in [6, 6.07) is 5.34. The molecule has 2 rings (SSSR count). The SMILES string of the molecule is Cn1[nH]c2cccc(Cl)c2c1=O. The van der Waals surface area contributed by atoms with E-state index < -0.39 is 0 Å². The highest BCUT2D eigenvalue weighted by Gasteiger charge is 2.05. The van der Waals surface area contributed by atoms with Gasteiger partial charge >= 0.3 is 0 Å². The van der Waals surface area contributed by atoms with Crippen LogP contribution in [0, 0.1) is 0 Å². The molecule has 4 heteroatoms. The number of fused-ring (bicyclic) bond motifs is 1. The second-order valence-corrected chi connectivity index (χ2v) is 3.05. The third kappa shape index (κ3) is 0.865. The summed E-state index contributed by atoms with van der Waals surface area (Å²) < 4.78 is 1.41. The van der Waals surface area contributed by atoms with Gasteiger partial charge in [-0.05, 0) is 12.1 Å². The Kier molecular flexibility index (Phi) is 1.48. The van der Waals surface area contributed by atoms with Crippen molar-refractivity contribution in [1.29, 1.82) is 0 Å². The van der Waals surface area contributed by atoms with E-state index in [9.17, 15) is 4.79 Å². The molecule has 3 nitrogen and oxygen atoms in total. The van der Waals surface area contributed by atoms with Crippen LogP contribution in [-0.2, 0) is 7.05 Å². The number of hydrogen-bond donors (Lipinski definition) is 1. The van der Waals surface area contributed by atoms with Crippen molar-refractivity contribution < 1.29 is 0 Å². The number of nitrogens with one attached hydrogen (secondary N) is 1. The van der Waals surface area contributed by atoms with E-state index in [1.54, 1.807) is 19.2 Å². The van der Waals surface area contributed by atoms with Crippen molar-refractivity contribution in [3.05, 3.63) is 33.6 Å². The maximum absolute atomic E-state index is 11.4. The average Bonchev–Trinajstić information content (AvgIpc) is 2.29. The quantitative estimate of drug-likeness (QED) is 0.659. The highest BCUT2D eigenvalue weighted by molar-refractivity contribution is 6.35. The molecule has 0 radical (unpaired) electrons. The van der Waals surface area contributed by atoms with Gasteiger partial charge in [0.15, 0.2) is 0 Å². The van der Waals surface area contributed by atoms with Gasteiger partial charge in [-0.2, -0.15) is 0 Å². The van der Waals surface area contributed by atoms with Crippen LogP contribution in [0.25, 0.3) is 10.9 Å². The van der Waals surface area contributed by atoms with Crippen LogP contribution >= 0.6 is 11.6 Å². The van der Waals surface area contributed by atoms with E-state index in [1.165, 1.54) is 4.68 Å². The summed E-state index contributed by atoms with van der Waals surface area (Å²) in [5, 5.41) is 3.94. The summed E-state index contributed by atoms with van der Waals surface area (Å²) in [5.41, 5.74) is 0.686. The van der Waals surface area contributed by atoms with Gasteiger partial charge in [-0.25, -0.2) is 0 Å². The van der Waals surface area contributed by atoms with Crippen molar-refractivity contribution in [1.82, 2.24) is 9.78 Å². The first-order valence-corrected chi connectivity index (χ1v) is 3.91. The van der Waals surface area contributed by atoms with E-state index in [4.69, 9.17) is 11.6 Å². The van der Waals surface area contributed by atoms with Crippen molar-refractivity contribution >= 4 is 22.5 Å². The fourth-order valence-corrected chi connectivity index (χ4v) is 1.49. The van der Waals surface area contributed by atoms with Crippen LogP contribution in [0.15, 0.2) is 23.0 Å². The summed E-state index contributed by atoms with van der Waals surface area (Å²) in [6.07, 6.45) is 0. The highest BCUT2D eigenvalue weighted by atomic mass is 35.5. The number of aryl methyl sites for hydroxylation is 1. The molecule has 0 amide bonds. The minimum atomic E-state index is -0.0874. The lowest BCUT2D eigenvalue weighted by Gasteiger charge is -1.87. The predicted octanol–water partition coefficient (Wildman–Crippen LogP) is 1.52. The molecule has 62 valence electrons. The number of aromatic nitrogens is 2. The van der Waals surface area contributed by atoms with E-state index in [0.717, 1.165) is 5.52 Å². The van der Waals surface area contributed by atoms with Crippen LogP contribution in [0.3, 0.4) is 0 Å². The Balaban J connectivity index is 3.07. The van der Waals surface area contributed by atoms with E-state index in [1.807, 2.05) is 6.07 Å². The molecule has 1 heterocycles. The fourth-order valence-electron chi connectivity index (χ4n) is 1.23. The van der Waals surface area contributed by atoms with Crippen molar-refractivity contribution in [3.63, 3.8) is 0 Å². The lowest BCUT2D eigenvalue weighted by Crippen LogP contribution is -2.11. The van der Waals surface area contributed by atoms with Crippen LogP contribution in [0.4, 0.5) is 0 Å². The van der Waals surface area contributed by atoms with E-state index in [2.05, 4.69) is 5.10 Å². The van der Waals surface area contributed by atoms with E-state index in [0.29, 0.717) is 10.4 Å². The van der Waals surface area contributed by atoms with Crippen LogP contribution in [0.2, 0.25) is 5.02 Å². The second kappa shape index (κ2) is 2.38. The molecule has 1 N–H and O–H groups in total. The van der Waals surface area contributed by atoms with Crippen molar-refractivity contribution in [2.45, 2.75) is 0 Å². The Morgan fingerprint density at radius 1 is 1.50 bits per heavy atom. The van der Waals surface area contributed by atoms with Gasteiger partial charge in [-0.1, -0.05) is 17.7 Å². The number of halogens is 1. The van der Waals surface area contributed by atoms with Gasteiger partial charge in [-0.15, -0.1) is 0 Å².